The second-order valence-corrected chi connectivity index (χ2v) is 6.17. The highest BCUT2D eigenvalue weighted by atomic mass is 32.1. The van der Waals surface area contributed by atoms with Crippen molar-refractivity contribution in [3.63, 3.8) is 0 Å². The molecule has 2 aliphatic rings. The van der Waals surface area contributed by atoms with Crippen LogP contribution in [0.15, 0.2) is 0 Å². The molecular weight excluding hydrogens is 246 g/mol. The first kappa shape index (κ1) is 12.3. The highest BCUT2D eigenvalue weighted by Crippen LogP contribution is 2.36. The minimum absolute atomic E-state index is 0.764. The molecule has 5 nitrogen and oxygen atoms in total. The third kappa shape index (κ3) is 2.37. The molecule has 3 N–H and O–H groups in total. The Hall–Kier alpha value is -0.720. The van der Waals surface area contributed by atoms with Gasteiger partial charge in [-0.15, -0.1) is 5.10 Å². The number of rotatable bonds is 3. The van der Waals surface area contributed by atoms with E-state index in [-0.39, 0.29) is 0 Å². The van der Waals surface area contributed by atoms with E-state index < -0.39 is 0 Å². The standard InChI is InChI=1S/C12H21N5S/c13-14-12-10(15-16-18-12)8-17-7-3-5-9-4-1-2-6-11(9)17/h9,11,14H,1-8,13H2. The minimum atomic E-state index is 0.764. The van der Waals surface area contributed by atoms with Gasteiger partial charge in [-0.25, -0.2) is 5.84 Å². The summed E-state index contributed by atoms with van der Waals surface area (Å²) in [7, 11) is 0. The Morgan fingerprint density at radius 3 is 3.00 bits per heavy atom. The van der Waals surface area contributed by atoms with E-state index in [1.807, 2.05) is 0 Å². The molecule has 1 aromatic rings. The van der Waals surface area contributed by atoms with E-state index in [1.165, 1.54) is 56.6 Å². The summed E-state index contributed by atoms with van der Waals surface area (Å²) in [5.41, 5.74) is 3.71. The molecule has 1 aromatic heterocycles. The maximum Gasteiger partial charge on any atom is 0.148 e. The van der Waals surface area contributed by atoms with Crippen LogP contribution in [0.25, 0.3) is 0 Å². The molecule has 3 rings (SSSR count). The van der Waals surface area contributed by atoms with Gasteiger partial charge in [-0.05, 0) is 38.1 Å². The number of hydrogen-bond donors (Lipinski definition) is 2. The number of aromatic nitrogens is 2. The molecule has 2 atom stereocenters. The number of piperidine rings is 1. The van der Waals surface area contributed by atoms with Gasteiger partial charge >= 0.3 is 0 Å². The van der Waals surface area contributed by atoms with E-state index in [4.69, 9.17) is 5.84 Å². The molecule has 2 heterocycles. The molecule has 1 saturated heterocycles. The monoisotopic (exact) mass is 267 g/mol. The van der Waals surface area contributed by atoms with E-state index in [0.717, 1.165) is 29.2 Å². The zero-order valence-corrected chi connectivity index (χ0v) is 11.5. The van der Waals surface area contributed by atoms with Crippen LogP contribution >= 0.6 is 11.5 Å². The van der Waals surface area contributed by atoms with Crippen LogP contribution in [-0.4, -0.2) is 27.1 Å². The normalized spacial score (nSPS) is 28.9. The van der Waals surface area contributed by atoms with E-state index in [9.17, 15) is 0 Å². The lowest BCUT2D eigenvalue weighted by atomic mass is 9.78. The van der Waals surface area contributed by atoms with E-state index in [0.29, 0.717) is 0 Å². The summed E-state index contributed by atoms with van der Waals surface area (Å²) in [5.74, 6) is 6.40. The molecule has 0 radical (unpaired) electrons. The quantitative estimate of drug-likeness (QED) is 0.647. The van der Waals surface area contributed by atoms with Crippen LogP contribution in [0, 0.1) is 5.92 Å². The lowest BCUT2D eigenvalue weighted by Crippen LogP contribution is -2.46. The molecule has 2 fully saturated rings. The van der Waals surface area contributed by atoms with Crippen molar-refractivity contribution in [1.29, 1.82) is 0 Å². The topological polar surface area (TPSA) is 67.1 Å². The fourth-order valence-corrected chi connectivity index (χ4v) is 4.02. The Morgan fingerprint density at radius 2 is 2.11 bits per heavy atom. The van der Waals surface area contributed by atoms with Gasteiger partial charge in [-0.1, -0.05) is 17.3 Å². The van der Waals surface area contributed by atoms with Crippen LogP contribution in [0.5, 0.6) is 0 Å². The molecule has 0 bridgehead atoms. The number of fused-ring (bicyclic) bond motifs is 1. The summed E-state index contributed by atoms with van der Waals surface area (Å²) in [4.78, 5) is 2.60. The van der Waals surface area contributed by atoms with Gasteiger partial charge < -0.3 is 5.43 Å². The van der Waals surface area contributed by atoms with Crippen molar-refractivity contribution in [1.82, 2.24) is 14.5 Å². The van der Waals surface area contributed by atoms with Gasteiger partial charge in [0, 0.05) is 24.1 Å². The molecule has 0 spiro atoms. The van der Waals surface area contributed by atoms with Gasteiger partial charge in [-0.3, -0.25) is 4.90 Å². The highest BCUT2D eigenvalue weighted by molar-refractivity contribution is 7.10. The number of likely N-dealkylation sites (tertiary alicyclic amines) is 1. The molecule has 100 valence electrons. The second kappa shape index (κ2) is 5.50. The van der Waals surface area contributed by atoms with E-state index >= 15 is 0 Å². The molecule has 6 heteroatoms. The van der Waals surface area contributed by atoms with Gasteiger partial charge in [0.1, 0.15) is 10.7 Å². The number of nitrogens with two attached hydrogens (primary N) is 1. The van der Waals surface area contributed by atoms with Crippen LogP contribution in [0.1, 0.15) is 44.2 Å². The predicted molar refractivity (Wildman–Crippen MR) is 73.1 cm³/mol. The summed E-state index contributed by atoms with van der Waals surface area (Å²) in [6.45, 7) is 2.10. The van der Waals surface area contributed by atoms with Crippen molar-refractivity contribution in [2.75, 3.05) is 12.0 Å². The first-order valence-electron chi connectivity index (χ1n) is 6.90. The number of anilines is 1. The average Bonchev–Trinajstić information content (AvgIpc) is 2.86. The lowest BCUT2D eigenvalue weighted by molar-refractivity contribution is 0.0539. The Labute approximate surface area is 112 Å². The van der Waals surface area contributed by atoms with Crippen molar-refractivity contribution >= 4 is 16.5 Å². The maximum atomic E-state index is 5.49. The maximum absolute atomic E-state index is 5.49. The van der Waals surface area contributed by atoms with Crippen LogP contribution in [0.4, 0.5) is 5.00 Å². The molecule has 1 saturated carbocycles. The summed E-state index contributed by atoms with van der Waals surface area (Å²) in [5, 5.41) is 5.11. The summed E-state index contributed by atoms with van der Waals surface area (Å²) >= 11 is 1.34. The fourth-order valence-electron chi connectivity index (χ4n) is 3.54. The highest BCUT2D eigenvalue weighted by Gasteiger charge is 2.33. The molecular formula is C12H21N5S. The van der Waals surface area contributed by atoms with Gasteiger partial charge in [0.15, 0.2) is 0 Å². The molecule has 18 heavy (non-hydrogen) atoms. The van der Waals surface area contributed by atoms with Gasteiger partial charge in [0.25, 0.3) is 0 Å². The third-order valence-corrected chi connectivity index (χ3v) is 5.10. The van der Waals surface area contributed by atoms with Gasteiger partial charge in [-0.2, -0.15) is 0 Å². The zero-order chi connectivity index (χ0) is 12.4. The van der Waals surface area contributed by atoms with Crippen molar-refractivity contribution in [2.24, 2.45) is 11.8 Å². The molecule has 2 unspecified atom stereocenters. The largest absolute Gasteiger partial charge is 0.313 e. The minimum Gasteiger partial charge on any atom is -0.313 e. The Kier molecular flexibility index (Phi) is 3.77. The van der Waals surface area contributed by atoms with Crippen LogP contribution in [0.3, 0.4) is 0 Å². The second-order valence-electron chi connectivity index (χ2n) is 5.42. The third-order valence-electron chi connectivity index (χ3n) is 4.40. The van der Waals surface area contributed by atoms with Crippen molar-refractivity contribution in [2.45, 2.75) is 51.1 Å². The molecule has 0 aromatic carbocycles. The Morgan fingerprint density at radius 1 is 1.28 bits per heavy atom. The summed E-state index contributed by atoms with van der Waals surface area (Å²) in [6, 6.07) is 0.764. The van der Waals surface area contributed by atoms with Crippen molar-refractivity contribution in [3.8, 4) is 0 Å². The van der Waals surface area contributed by atoms with Crippen LogP contribution < -0.4 is 11.3 Å². The summed E-state index contributed by atoms with van der Waals surface area (Å²) < 4.78 is 3.98. The molecule has 0 amide bonds. The number of hydrogen-bond acceptors (Lipinski definition) is 6. The average molecular weight is 267 g/mol. The smallest absolute Gasteiger partial charge is 0.148 e. The van der Waals surface area contributed by atoms with Gasteiger partial charge in [0.2, 0.25) is 0 Å². The Bertz CT molecular complexity index is 392. The summed E-state index contributed by atoms with van der Waals surface area (Å²) in [6.07, 6.45) is 8.31. The van der Waals surface area contributed by atoms with Crippen LogP contribution in [-0.2, 0) is 6.54 Å². The number of nitrogens with one attached hydrogen (secondary N) is 1. The van der Waals surface area contributed by atoms with E-state index in [1.54, 1.807) is 0 Å². The SMILES string of the molecule is NNc1snnc1CN1CCCC2CCCCC21. The first-order chi connectivity index (χ1) is 8.88. The zero-order valence-electron chi connectivity index (χ0n) is 10.6. The molecule has 1 aliphatic heterocycles. The van der Waals surface area contributed by atoms with Crippen molar-refractivity contribution < 1.29 is 0 Å². The fraction of sp³-hybridized carbons (Fsp3) is 0.833. The van der Waals surface area contributed by atoms with Gasteiger partial charge in [0.05, 0.1) is 0 Å². The molecule has 1 aliphatic carbocycles. The lowest BCUT2D eigenvalue weighted by Gasteiger charge is -2.43. The number of nitrogens with zero attached hydrogens (tertiary/aromatic N) is 3. The first-order valence-corrected chi connectivity index (χ1v) is 7.67. The van der Waals surface area contributed by atoms with Crippen LogP contribution in [0.2, 0.25) is 0 Å². The van der Waals surface area contributed by atoms with E-state index in [2.05, 4.69) is 19.9 Å². The Balaban J connectivity index is 1.71. The van der Waals surface area contributed by atoms with Crippen molar-refractivity contribution in [3.05, 3.63) is 5.69 Å². The predicted octanol–water partition coefficient (Wildman–Crippen LogP) is 1.98. The number of hydrazine groups is 1. The number of nitrogen functional groups attached to an aromatic ring is 1.